The highest BCUT2D eigenvalue weighted by Gasteiger charge is 2.73. The molecular weight excluding hydrogens is 596 g/mol. The van der Waals surface area contributed by atoms with E-state index in [4.69, 9.17) is 9.47 Å². The maximum atomic E-state index is 13.4. The molecule has 0 saturated heterocycles. The Balaban J connectivity index is 1.78. The lowest BCUT2D eigenvalue weighted by molar-refractivity contribution is -0.361. The summed E-state index contributed by atoms with van der Waals surface area (Å²) < 4.78 is 101. The predicted octanol–water partition coefficient (Wildman–Crippen LogP) is 7.14. The van der Waals surface area contributed by atoms with Crippen LogP contribution in [0.25, 0.3) is 10.8 Å². The SMILES string of the molecule is CCOc1cc(/C=N/NC(F)(F)C(F)(F)C(F)(F)F)cc(I)c1OCc1ccc2ccccc2c1. The lowest BCUT2D eigenvalue weighted by Crippen LogP contribution is -2.58. The number of hydrogen-bond acceptors (Lipinski definition) is 4. The largest absolute Gasteiger partial charge is 0.490 e. The molecule has 0 saturated carbocycles. The summed E-state index contributed by atoms with van der Waals surface area (Å²) in [5.41, 5.74) is 1.58. The van der Waals surface area contributed by atoms with Gasteiger partial charge >= 0.3 is 18.1 Å². The van der Waals surface area contributed by atoms with Crippen molar-refractivity contribution >= 4 is 39.6 Å². The summed E-state index contributed by atoms with van der Waals surface area (Å²) in [6.45, 7) is 2.11. The Morgan fingerprint density at radius 2 is 1.60 bits per heavy atom. The van der Waals surface area contributed by atoms with E-state index >= 15 is 0 Å². The van der Waals surface area contributed by atoms with E-state index in [1.165, 1.54) is 12.1 Å². The molecule has 0 unspecified atom stereocenters. The maximum Gasteiger partial charge on any atom is 0.462 e. The summed E-state index contributed by atoms with van der Waals surface area (Å²) in [5.74, 6) is -5.75. The summed E-state index contributed by atoms with van der Waals surface area (Å²) in [5, 5.41) is 4.98. The van der Waals surface area contributed by atoms with Gasteiger partial charge in [-0.15, -0.1) is 0 Å². The van der Waals surface area contributed by atoms with Crippen LogP contribution in [0.1, 0.15) is 18.1 Å². The van der Waals surface area contributed by atoms with Crippen molar-refractivity contribution in [3.63, 3.8) is 0 Å². The van der Waals surface area contributed by atoms with Crippen LogP contribution in [0.15, 0.2) is 59.7 Å². The number of alkyl halides is 7. The summed E-state index contributed by atoms with van der Waals surface area (Å²) in [7, 11) is 0. The Morgan fingerprint density at radius 3 is 2.26 bits per heavy atom. The van der Waals surface area contributed by atoms with Crippen molar-refractivity contribution in [1.29, 1.82) is 0 Å². The minimum atomic E-state index is -6.46. The molecule has 0 amide bonds. The topological polar surface area (TPSA) is 42.8 Å². The van der Waals surface area contributed by atoms with Crippen molar-refractivity contribution in [2.24, 2.45) is 5.10 Å². The fourth-order valence-electron chi connectivity index (χ4n) is 2.99. The van der Waals surface area contributed by atoms with Crippen LogP contribution < -0.4 is 14.9 Å². The number of fused-ring (bicyclic) bond motifs is 1. The zero-order chi connectivity index (χ0) is 25.9. The number of ether oxygens (including phenoxy) is 2. The van der Waals surface area contributed by atoms with Crippen LogP contribution >= 0.6 is 22.6 Å². The monoisotopic (exact) mass is 614 g/mol. The van der Waals surface area contributed by atoms with Crippen molar-refractivity contribution in [2.45, 2.75) is 31.7 Å². The highest BCUT2D eigenvalue weighted by atomic mass is 127. The Hall–Kier alpha value is -2.77. The van der Waals surface area contributed by atoms with Crippen molar-refractivity contribution in [1.82, 2.24) is 5.43 Å². The Morgan fingerprint density at radius 1 is 0.914 bits per heavy atom. The molecule has 35 heavy (non-hydrogen) atoms. The molecule has 0 atom stereocenters. The maximum absolute atomic E-state index is 13.4. The van der Waals surface area contributed by atoms with Gasteiger partial charge in [0.25, 0.3) is 0 Å². The van der Waals surface area contributed by atoms with E-state index in [0.29, 0.717) is 21.0 Å². The molecule has 3 aromatic rings. The zero-order valence-electron chi connectivity index (χ0n) is 18.0. The molecule has 0 aliphatic heterocycles. The van der Waals surface area contributed by atoms with Gasteiger partial charge in [0.1, 0.15) is 6.61 Å². The Kier molecular flexibility index (Phi) is 8.02. The predicted molar refractivity (Wildman–Crippen MR) is 125 cm³/mol. The third kappa shape index (κ3) is 6.08. The van der Waals surface area contributed by atoms with Crippen LogP contribution in [0.2, 0.25) is 0 Å². The molecular formula is C23H18F7IN2O2. The molecule has 0 bridgehead atoms. The number of hydrazone groups is 1. The molecule has 3 rings (SSSR count). The molecule has 0 radical (unpaired) electrons. The highest BCUT2D eigenvalue weighted by Crippen LogP contribution is 2.45. The van der Waals surface area contributed by atoms with E-state index in [1.54, 1.807) is 6.92 Å². The lowest BCUT2D eigenvalue weighted by Gasteiger charge is -2.27. The van der Waals surface area contributed by atoms with Gasteiger partial charge in [0.15, 0.2) is 11.5 Å². The van der Waals surface area contributed by atoms with Crippen LogP contribution in [-0.4, -0.2) is 31.0 Å². The van der Waals surface area contributed by atoms with E-state index < -0.39 is 18.1 Å². The number of hydrogen-bond donors (Lipinski definition) is 1. The minimum absolute atomic E-state index is 0.106. The van der Waals surface area contributed by atoms with Crippen LogP contribution in [0, 0.1) is 3.57 Å². The fraction of sp³-hybridized carbons (Fsp3) is 0.261. The zero-order valence-corrected chi connectivity index (χ0v) is 20.1. The van der Waals surface area contributed by atoms with Crippen LogP contribution in [-0.2, 0) is 6.61 Å². The quantitative estimate of drug-likeness (QED) is 0.0917. The summed E-state index contributed by atoms with van der Waals surface area (Å²) in [6, 6.07) is 10.7. The first-order valence-electron chi connectivity index (χ1n) is 10.0. The van der Waals surface area contributed by atoms with E-state index in [2.05, 4.69) is 5.10 Å². The van der Waals surface area contributed by atoms with E-state index in [9.17, 15) is 30.7 Å². The number of benzene rings is 3. The highest BCUT2D eigenvalue weighted by molar-refractivity contribution is 14.1. The van der Waals surface area contributed by atoms with Crippen LogP contribution in [0.4, 0.5) is 30.7 Å². The van der Waals surface area contributed by atoms with Crippen molar-refractivity contribution in [3.05, 3.63) is 69.3 Å². The number of rotatable bonds is 9. The fourth-order valence-corrected chi connectivity index (χ4v) is 3.77. The Labute approximate surface area is 209 Å². The number of nitrogens with zero attached hydrogens (tertiary/aromatic N) is 1. The molecule has 0 fully saturated rings. The van der Waals surface area contributed by atoms with Crippen LogP contribution in [0.5, 0.6) is 11.5 Å². The van der Waals surface area contributed by atoms with Gasteiger partial charge in [-0.25, -0.2) is 5.43 Å². The van der Waals surface area contributed by atoms with Gasteiger partial charge in [0.2, 0.25) is 0 Å². The molecule has 3 aromatic carbocycles. The van der Waals surface area contributed by atoms with E-state index in [-0.39, 0.29) is 24.5 Å². The van der Waals surface area contributed by atoms with Gasteiger partial charge in [-0.1, -0.05) is 36.4 Å². The van der Waals surface area contributed by atoms with E-state index in [0.717, 1.165) is 16.3 Å². The molecule has 0 aliphatic rings. The number of halogens is 8. The van der Waals surface area contributed by atoms with Crippen LogP contribution in [0.3, 0.4) is 0 Å². The second kappa shape index (κ2) is 10.5. The second-order valence-corrected chi connectivity index (χ2v) is 8.41. The average Bonchev–Trinajstić information content (AvgIpc) is 2.77. The average molecular weight is 614 g/mol. The molecule has 4 nitrogen and oxygen atoms in total. The van der Waals surface area contributed by atoms with Crippen molar-refractivity contribution in [2.75, 3.05) is 6.61 Å². The standard InChI is InChI=1S/C23H18F7IN2O2/c1-2-34-19-11-15(12-32-33-23(29,30)21(24,25)22(26,27)28)10-18(31)20(19)35-13-14-7-8-16-5-3-4-6-17(16)9-14/h3-12,33H,2,13H2,1H3/b32-12+. The summed E-state index contributed by atoms with van der Waals surface area (Å²) in [4.78, 5) is 0. The van der Waals surface area contributed by atoms with Gasteiger partial charge in [0.05, 0.1) is 16.4 Å². The molecule has 0 aromatic heterocycles. The van der Waals surface area contributed by atoms with Gasteiger partial charge < -0.3 is 9.47 Å². The first-order valence-corrected chi connectivity index (χ1v) is 11.1. The van der Waals surface area contributed by atoms with E-state index in [1.807, 2.05) is 65.1 Å². The van der Waals surface area contributed by atoms with Crippen molar-refractivity contribution in [3.8, 4) is 11.5 Å². The normalized spacial score (nSPS) is 12.8. The van der Waals surface area contributed by atoms with Crippen molar-refractivity contribution < 1.29 is 40.2 Å². The van der Waals surface area contributed by atoms with Gasteiger partial charge in [-0.05, 0) is 69.6 Å². The molecule has 12 heteroatoms. The molecule has 0 heterocycles. The Bertz CT molecular complexity index is 1220. The first-order chi connectivity index (χ1) is 16.4. The lowest BCUT2D eigenvalue weighted by atomic mass is 10.1. The second-order valence-electron chi connectivity index (χ2n) is 7.25. The smallest absolute Gasteiger partial charge is 0.462 e. The minimum Gasteiger partial charge on any atom is -0.490 e. The number of nitrogens with one attached hydrogen (secondary N) is 1. The summed E-state index contributed by atoms with van der Waals surface area (Å²) in [6.07, 6.45) is -5.78. The van der Waals surface area contributed by atoms with Gasteiger partial charge in [-0.3, -0.25) is 0 Å². The molecule has 1 N–H and O–H groups in total. The molecule has 0 spiro atoms. The molecule has 0 aliphatic carbocycles. The van der Waals surface area contributed by atoms with Gasteiger partial charge in [-0.2, -0.15) is 35.8 Å². The first kappa shape index (κ1) is 26.8. The summed E-state index contributed by atoms with van der Waals surface area (Å²) >= 11 is 1.90. The van der Waals surface area contributed by atoms with Gasteiger partial charge in [0, 0.05) is 0 Å². The third-order valence-corrected chi connectivity index (χ3v) is 5.50. The third-order valence-electron chi connectivity index (χ3n) is 4.70. The molecule has 188 valence electrons.